The van der Waals surface area contributed by atoms with E-state index in [1.165, 1.54) is 37.9 Å². The van der Waals surface area contributed by atoms with Gasteiger partial charge in [-0.2, -0.15) is 0 Å². The number of carbonyl (C=O) groups excluding carboxylic acids is 1. The van der Waals surface area contributed by atoms with Gasteiger partial charge in [-0.15, -0.1) is 0 Å². The van der Waals surface area contributed by atoms with Crippen molar-refractivity contribution in [3.05, 3.63) is 34.5 Å². The van der Waals surface area contributed by atoms with Crippen molar-refractivity contribution < 1.29 is 9.53 Å². The number of halogens is 1. The van der Waals surface area contributed by atoms with Crippen molar-refractivity contribution in [1.82, 2.24) is 15.2 Å². The van der Waals surface area contributed by atoms with Gasteiger partial charge in [-0.3, -0.25) is 4.98 Å². The average molecular weight is 388 g/mol. The van der Waals surface area contributed by atoms with Gasteiger partial charge in [0.1, 0.15) is 5.75 Å². The van der Waals surface area contributed by atoms with Crippen LogP contribution in [0.5, 0.6) is 5.75 Å². The van der Waals surface area contributed by atoms with Gasteiger partial charge in [0.2, 0.25) is 0 Å². The maximum absolute atomic E-state index is 12.1. The second-order valence-electron chi connectivity index (χ2n) is 7.46. The molecule has 27 heavy (non-hydrogen) atoms. The average Bonchev–Trinajstić information content (AvgIpc) is 3.19. The van der Waals surface area contributed by atoms with Crippen LogP contribution in [0.1, 0.15) is 43.4 Å². The summed E-state index contributed by atoms with van der Waals surface area (Å²) in [4.78, 5) is 19.3. The number of fused-ring (bicyclic) bond motifs is 2. The molecule has 1 aromatic carbocycles. The molecule has 1 amide bonds. The molecule has 1 aromatic heterocycles. The van der Waals surface area contributed by atoms with E-state index in [2.05, 4.69) is 10.2 Å². The molecule has 1 aliphatic carbocycles. The van der Waals surface area contributed by atoms with E-state index >= 15 is 0 Å². The highest BCUT2D eigenvalue weighted by molar-refractivity contribution is 6.36. The summed E-state index contributed by atoms with van der Waals surface area (Å²) in [5.74, 6) is 0.499. The zero-order valence-corrected chi connectivity index (χ0v) is 16.4. The molecule has 0 spiro atoms. The Bertz CT molecular complexity index is 834. The van der Waals surface area contributed by atoms with E-state index in [0.29, 0.717) is 12.3 Å². The van der Waals surface area contributed by atoms with Crippen molar-refractivity contribution in [2.24, 2.45) is 0 Å². The number of amides is 1. The highest BCUT2D eigenvalue weighted by Crippen LogP contribution is 2.34. The standard InChI is InChI=1S/C21H26ClN3O2/c22-20-16-6-1-2-7-18(16)24-19-14-15(8-9-17(19)20)27-21(26)23-10-5-13-25-11-3-4-12-25/h8-9,14H,1-7,10-13H2,(H,23,26). The summed E-state index contributed by atoms with van der Waals surface area (Å²) >= 11 is 6.59. The molecule has 0 radical (unpaired) electrons. The maximum Gasteiger partial charge on any atom is 0.412 e. The second kappa shape index (κ2) is 8.44. The Balaban J connectivity index is 1.36. The molecule has 0 bridgehead atoms. The summed E-state index contributed by atoms with van der Waals surface area (Å²) in [5.41, 5.74) is 3.06. The van der Waals surface area contributed by atoms with Gasteiger partial charge in [0.15, 0.2) is 0 Å². The third kappa shape index (κ3) is 4.36. The highest BCUT2D eigenvalue weighted by atomic mass is 35.5. The predicted octanol–water partition coefficient (Wildman–Crippen LogP) is 4.34. The number of hydrogen-bond acceptors (Lipinski definition) is 4. The largest absolute Gasteiger partial charge is 0.412 e. The van der Waals surface area contributed by atoms with Crippen molar-refractivity contribution in [3.63, 3.8) is 0 Å². The molecule has 1 aliphatic heterocycles. The van der Waals surface area contributed by atoms with E-state index < -0.39 is 6.09 Å². The van der Waals surface area contributed by atoms with Crippen LogP contribution in [0.2, 0.25) is 5.02 Å². The lowest BCUT2D eigenvalue weighted by molar-refractivity contribution is 0.199. The topological polar surface area (TPSA) is 54.5 Å². The zero-order valence-electron chi connectivity index (χ0n) is 15.6. The summed E-state index contributed by atoms with van der Waals surface area (Å²) in [5, 5.41) is 4.56. The van der Waals surface area contributed by atoms with Crippen LogP contribution < -0.4 is 10.1 Å². The normalized spacial score (nSPS) is 17.1. The number of carbonyl (C=O) groups is 1. The summed E-state index contributed by atoms with van der Waals surface area (Å²) in [6.45, 7) is 4.02. The number of pyridine rings is 1. The van der Waals surface area contributed by atoms with Gasteiger partial charge in [-0.05, 0) is 82.3 Å². The fourth-order valence-electron chi connectivity index (χ4n) is 4.05. The molecule has 144 valence electrons. The number of nitrogens with zero attached hydrogens (tertiary/aromatic N) is 2. The Labute approximate surface area is 165 Å². The molecule has 2 aromatic rings. The molecule has 0 atom stereocenters. The van der Waals surface area contributed by atoms with Crippen LogP contribution in [0.4, 0.5) is 4.79 Å². The lowest BCUT2D eigenvalue weighted by Crippen LogP contribution is -2.30. The van der Waals surface area contributed by atoms with Gasteiger partial charge in [-0.25, -0.2) is 4.79 Å². The van der Waals surface area contributed by atoms with Gasteiger partial charge >= 0.3 is 6.09 Å². The van der Waals surface area contributed by atoms with Crippen molar-refractivity contribution in [3.8, 4) is 5.75 Å². The van der Waals surface area contributed by atoms with E-state index in [1.807, 2.05) is 6.07 Å². The number of aromatic nitrogens is 1. The lowest BCUT2D eigenvalue weighted by Gasteiger charge is -2.18. The van der Waals surface area contributed by atoms with Crippen LogP contribution in [0, 0.1) is 0 Å². The van der Waals surface area contributed by atoms with E-state index in [-0.39, 0.29) is 0 Å². The Hall–Kier alpha value is -1.85. The van der Waals surface area contributed by atoms with E-state index in [0.717, 1.165) is 53.8 Å². The SMILES string of the molecule is O=C(NCCCN1CCCC1)Oc1ccc2c(Cl)c3c(nc2c1)CCCC3. The molecular formula is C21H26ClN3O2. The minimum Gasteiger partial charge on any atom is -0.410 e. The van der Waals surface area contributed by atoms with Crippen LogP contribution in [-0.2, 0) is 12.8 Å². The molecule has 1 fully saturated rings. The first kappa shape index (κ1) is 18.5. The molecule has 0 saturated carbocycles. The Morgan fingerprint density at radius 2 is 2.00 bits per heavy atom. The van der Waals surface area contributed by atoms with Crippen LogP contribution in [-0.4, -0.2) is 42.2 Å². The van der Waals surface area contributed by atoms with Gasteiger partial charge < -0.3 is 15.0 Å². The molecule has 6 heteroatoms. The Morgan fingerprint density at radius 1 is 1.19 bits per heavy atom. The van der Waals surface area contributed by atoms with E-state index in [4.69, 9.17) is 21.3 Å². The monoisotopic (exact) mass is 387 g/mol. The number of ether oxygens (including phenoxy) is 1. The van der Waals surface area contributed by atoms with E-state index in [1.54, 1.807) is 12.1 Å². The smallest absolute Gasteiger partial charge is 0.410 e. The Kier molecular flexibility index (Phi) is 5.79. The first-order valence-electron chi connectivity index (χ1n) is 10.00. The first-order chi connectivity index (χ1) is 13.2. The van der Waals surface area contributed by atoms with Crippen molar-refractivity contribution in [1.29, 1.82) is 0 Å². The number of aryl methyl sites for hydroxylation is 1. The first-order valence-corrected chi connectivity index (χ1v) is 10.4. The van der Waals surface area contributed by atoms with Gasteiger partial charge in [0.05, 0.1) is 10.5 Å². The summed E-state index contributed by atoms with van der Waals surface area (Å²) in [6, 6.07) is 5.49. The van der Waals surface area contributed by atoms with E-state index in [9.17, 15) is 4.79 Å². The number of benzene rings is 1. The molecular weight excluding hydrogens is 362 g/mol. The van der Waals surface area contributed by atoms with Gasteiger partial charge in [0, 0.05) is 23.7 Å². The number of likely N-dealkylation sites (tertiary alicyclic amines) is 1. The molecule has 1 N–H and O–H groups in total. The van der Waals surface area contributed by atoms with Crippen molar-refractivity contribution >= 4 is 28.6 Å². The van der Waals surface area contributed by atoms with Crippen molar-refractivity contribution in [2.45, 2.75) is 44.9 Å². The molecule has 2 aliphatic rings. The molecule has 0 unspecified atom stereocenters. The minimum atomic E-state index is -0.417. The zero-order chi connectivity index (χ0) is 18.6. The Morgan fingerprint density at radius 3 is 2.85 bits per heavy atom. The maximum atomic E-state index is 12.1. The predicted molar refractivity (Wildman–Crippen MR) is 108 cm³/mol. The third-order valence-electron chi connectivity index (χ3n) is 5.49. The fraction of sp³-hybridized carbons (Fsp3) is 0.524. The summed E-state index contributed by atoms with van der Waals surface area (Å²) in [7, 11) is 0. The van der Waals surface area contributed by atoms with Crippen LogP contribution in [0.15, 0.2) is 18.2 Å². The number of hydrogen-bond donors (Lipinski definition) is 1. The molecule has 1 saturated heterocycles. The molecule has 2 heterocycles. The third-order valence-corrected chi connectivity index (χ3v) is 5.93. The molecule has 4 rings (SSSR count). The quantitative estimate of drug-likeness (QED) is 0.775. The van der Waals surface area contributed by atoms with Crippen molar-refractivity contribution in [2.75, 3.05) is 26.2 Å². The lowest BCUT2D eigenvalue weighted by atomic mass is 9.94. The van der Waals surface area contributed by atoms with Gasteiger partial charge in [-0.1, -0.05) is 11.6 Å². The molecule has 5 nitrogen and oxygen atoms in total. The van der Waals surface area contributed by atoms with Crippen LogP contribution in [0.3, 0.4) is 0 Å². The summed E-state index contributed by atoms with van der Waals surface area (Å²) < 4.78 is 5.43. The fourth-order valence-corrected chi connectivity index (χ4v) is 4.42. The second-order valence-corrected chi connectivity index (χ2v) is 7.83. The summed E-state index contributed by atoms with van der Waals surface area (Å²) in [6.07, 6.45) is 7.38. The van der Waals surface area contributed by atoms with Gasteiger partial charge in [0.25, 0.3) is 0 Å². The number of nitrogens with one attached hydrogen (secondary N) is 1. The van der Waals surface area contributed by atoms with Crippen LogP contribution in [0.25, 0.3) is 10.9 Å². The highest BCUT2D eigenvalue weighted by Gasteiger charge is 2.17. The minimum absolute atomic E-state index is 0.417. The number of rotatable bonds is 5. The van der Waals surface area contributed by atoms with Crippen LogP contribution >= 0.6 is 11.6 Å².